The lowest BCUT2D eigenvalue weighted by Gasteiger charge is -2.34. The van der Waals surface area contributed by atoms with Crippen molar-refractivity contribution in [3.8, 4) is 0 Å². The molecule has 1 fully saturated rings. The van der Waals surface area contributed by atoms with Gasteiger partial charge in [-0.05, 0) is 24.3 Å². The molecule has 1 aliphatic rings. The predicted octanol–water partition coefficient (Wildman–Crippen LogP) is 1.34. The van der Waals surface area contributed by atoms with E-state index in [0.29, 0.717) is 25.2 Å². The van der Waals surface area contributed by atoms with Gasteiger partial charge in [0.25, 0.3) is 0 Å². The number of aromatic nitrogens is 4. The van der Waals surface area contributed by atoms with Crippen LogP contribution in [-0.2, 0) is 16.4 Å². The predicted molar refractivity (Wildman–Crippen MR) is 97.5 cm³/mol. The normalized spacial score (nSPS) is 16.1. The van der Waals surface area contributed by atoms with Gasteiger partial charge < -0.3 is 4.90 Å². The molecular weight excluding hydrogens is 371 g/mol. The van der Waals surface area contributed by atoms with E-state index in [1.807, 2.05) is 24.0 Å². The number of benzene rings is 1. The molecule has 3 heterocycles. The fraction of sp³-hybridized carbons (Fsp3) is 0.353. The van der Waals surface area contributed by atoms with Crippen molar-refractivity contribution in [3.63, 3.8) is 0 Å². The lowest BCUT2D eigenvalue weighted by atomic mass is 10.3. The highest BCUT2D eigenvalue weighted by Crippen LogP contribution is 2.22. The van der Waals surface area contributed by atoms with Crippen LogP contribution in [0.5, 0.6) is 0 Å². The van der Waals surface area contributed by atoms with Crippen LogP contribution in [0.15, 0.2) is 41.3 Å². The van der Waals surface area contributed by atoms with E-state index in [1.54, 1.807) is 4.52 Å². The zero-order chi connectivity index (χ0) is 19.0. The van der Waals surface area contributed by atoms with Gasteiger partial charge in [-0.15, -0.1) is 15.3 Å². The van der Waals surface area contributed by atoms with E-state index in [0.717, 1.165) is 17.7 Å². The van der Waals surface area contributed by atoms with Crippen molar-refractivity contribution in [2.45, 2.75) is 18.2 Å². The van der Waals surface area contributed by atoms with Crippen molar-refractivity contribution in [1.29, 1.82) is 0 Å². The third-order valence-electron chi connectivity index (χ3n) is 4.65. The Balaban J connectivity index is 1.53. The molecule has 1 aliphatic heterocycles. The van der Waals surface area contributed by atoms with Gasteiger partial charge in [0.15, 0.2) is 11.5 Å². The number of hydrogen-bond acceptors (Lipinski definition) is 6. The van der Waals surface area contributed by atoms with Crippen LogP contribution in [0.2, 0.25) is 0 Å². The maximum atomic E-state index is 13.9. The number of aryl methyl sites for hydroxylation is 1. The Kier molecular flexibility index (Phi) is 4.52. The number of fused-ring (bicyclic) bond motifs is 1. The molecule has 0 amide bonds. The first-order valence-electron chi connectivity index (χ1n) is 8.71. The molecule has 0 bridgehead atoms. The van der Waals surface area contributed by atoms with E-state index in [1.165, 1.54) is 22.5 Å². The van der Waals surface area contributed by atoms with Crippen LogP contribution < -0.4 is 4.90 Å². The minimum absolute atomic E-state index is 0.263. The summed E-state index contributed by atoms with van der Waals surface area (Å²) >= 11 is 0. The van der Waals surface area contributed by atoms with E-state index < -0.39 is 15.8 Å². The van der Waals surface area contributed by atoms with Gasteiger partial charge in [0, 0.05) is 32.6 Å². The SMILES string of the molecule is CCc1nnc2ccc(N3CCN(S(=O)(=O)c4ccccc4F)CC3)nn12. The molecule has 0 aliphatic carbocycles. The molecule has 2 aromatic heterocycles. The first kappa shape index (κ1) is 17.8. The first-order valence-corrected chi connectivity index (χ1v) is 10.2. The summed E-state index contributed by atoms with van der Waals surface area (Å²) in [4.78, 5) is 1.72. The first-order chi connectivity index (χ1) is 13.0. The molecule has 8 nitrogen and oxygen atoms in total. The molecule has 0 radical (unpaired) electrons. The lowest BCUT2D eigenvalue weighted by Crippen LogP contribution is -2.49. The van der Waals surface area contributed by atoms with Crippen LogP contribution in [-0.4, -0.2) is 58.7 Å². The molecule has 1 aromatic carbocycles. The van der Waals surface area contributed by atoms with Crippen LogP contribution in [0, 0.1) is 5.82 Å². The number of hydrogen-bond donors (Lipinski definition) is 0. The highest BCUT2D eigenvalue weighted by Gasteiger charge is 2.30. The molecule has 0 spiro atoms. The van der Waals surface area contributed by atoms with Gasteiger partial charge in [-0.3, -0.25) is 0 Å². The molecule has 1 saturated heterocycles. The molecule has 27 heavy (non-hydrogen) atoms. The maximum absolute atomic E-state index is 13.9. The van der Waals surface area contributed by atoms with Gasteiger partial charge in [0.2, 0.25) is 10.0 Å². The van der Waals surface area contributed by atoms with Gasteiger partial charge in [0.05, 0.1) is 0 Å². The van der Waals surface area contributed by atoms with Gasteiger partial charge in [-0.2, -0.15) is 8.82 Å². The summed E-state index contributed by atoms with van der Waals surface area (Å²) in [7, 11) is -3.85. The zero-order valence-electron chi connectivity index (χ0n) is 14.8. The summed E-state index contributed by atoms with van der Waals surface area (Å²) in [6, 6.07) is 9.15. The topological polar surface area (TPSA) is 83.7 Å². The quantitative estimate of drug-likeness (QED) is 0.668. The Morgan fingerprint density at radius 2 is 1.78 bits per heavy atom. The lowest BCUT2D eigenvalue weighted by molar-refractivity contribution is 0.381. The number of anilines is 1. The van der Waals surface area contributed by atoms with Crippen molar-refractivity contribution < 1.29 is 12.8 Å². The molecule has 10 heteroatoms. The van der Waals surface area contributed by atoms with E-state index in [9.17, 15) is 12.8 Å². The standard InChI is InChI=1S/C17H19FN6O2S/c1-2-15-19-20-16-7-8-17(21-24(15)16)22-9-11-23(12-10-22)27(25,26)14-6-4-3-5-13(14)18/h3-8H,2,9-12H2,1H3. The highest BCUT2D eigenvalue weighted by molar-refractivity contribution is 7.89. The molecule has 4 rings (SSSR count). The van der Waals surface area contributed by atoms with Crippen LogP contribution in [0.3, 0.4) is 0 Å². The van der Waals surface area contributed by atoms with E-state index in [4.69, 9.17) is 0 Å². The number of nitrogens with zero attached hydrogens (tertiary/aromatic N) is 6. The average Bonchev–Trinajstić information content (AvgIpc) is 3.10. The average molecular weight is 390 g/mol. The van der Waals surface area contributed by atoms with Crippen LogP contribution in [0.4, 0.5) is 10.2 Å². The van der Waals surface area contributed by atoms with E-state index in [-0.39, 0.29) is 18.0 Å². The molecule has 0 N–H and O–H groups in total. The molecule has 142 valence electrons. The molecule has 0 atom stereocenters. The van der Waals surface area contributed by atoms with Crippen molar-refractivity contribution in [3.05, 3.63) is 48.0 Å². The van der Waals surface area contributed by atoms with Crippen molar-refractivity contribution in [2.75, 3.05) is 31.1 Å². The highest BCUT2D eigenvalue weighted by atomic mass is 32.2. The second-order valence-corrected chi connectivity index (χ2v) is 8.16. The van der Waals surface area contributed by atoms with Crippen LogP contribution >= 0.6 is 0 Å². The van der Waals surface area contributed by atoms with Gasteiger partial charge in [-0.25, -0.2) is 12.8 Å². The fourth-order valence-electron chi connectivity index (χ4n) is 3.16. The fourth-order valence-corrected chi connectivity index (χ4v) is 4.65. The maximum Gasteiger partial charge on any atom is 0.246 e. The number of sulfonamides is 1. The second-order valence-electron chi connectivity index (χ2n) is 6.25. The Labute approximate surface area is 156 Å². The molecule has 3 aromatic rings. The smallest absolute Gasteiger partial charge is 0.246 e. The summed E-state index contributed by atoms with van der Waals surface area (Å²) in [5, 5.41) is 12.7. The van der Waals surface area contributed by atoms with Crippen molar-refractivity contribution in [1.82, 2.24) is 24.1 Å². The minimum atomic E-state index is -3.85. The number of rotatable bonds is 4. The van der Waals surface area contributed by atoms with Crippen LogP contribution in [0.1, 0.15) is 12.7 Å². The zero-order valence-corrected chi connectivity index (χ0v) is 15.6. The number of piperazine rings is 1. The number of halogens is 1. The Bertz CT molecular complexity index is 1080. The summed E-state index contributed by atoms with van der Waals surface area (Å²) in [6.45, 7) is 3.45. The largest absolute Gasteiger partial charge is 0.353 e. The van der Waals surface area contributed by atoms with Crippen molar-refractivity contribution >= 4 is 21.5 Å². The van der Waals surface area contributed by atoms with E-state index >= 15 is 0 Å². The van der Waals surface area contributed by atoms with Crippen molar-refractivity contribution in [2.24, 2.45) is 0 Å². The molecule has 0 saturated carbocycles. The molecular formula is C17H19FN6O2S. The summed E-state index contributed by atoms with van der Waals surface area (Å²) in [5.41, 5.74) is 0.677. The Morgan fingerprint density at radius 3 is 2.48 bits per heavy atom. The van der Waals surface area contributed by atoms with E-state index in [2.05, 4.69) is 15.3 Å². The van der Waals surface area contributed by atoms with Gasteiger partial charge in [-0.1, -0.05) is 19.1 Å². The third-order valence-corrected chi connectivity index (χ3v) is 6.58. The Morgan fingerprint density at radius 1 is 1.04 bits per heavy atom. The van der Waals surface area contributed by atoms with Gasteiger partial charge >= 0.3 is 0 Å². The third kappa shape index (κ3) is 3.15. The second kappa shape index (κ2) is 6.86. The van der Waals surface area contributed by atoms with Crippen LogP contribution in [0.25, 0.3) is 5.65 Å². The monoisotopic (exact) mass is 390 g/mol. The minimum Gasteiger partial charge on any atom is -0.353 e. The van der Waals surface area contributed by atoms with Gasteiger partial charge in [0.1, 0.15) is 16.5 Å². The Hall–Kier alpha value is -2.59. The summed E-state index contributed by atoms with van der Waals surface area (Å²) < 4.78 is 42.4. The summed E-state index contributed by atoms with van der Waals surface area (Å²) in [5.74, 6) is 0.777. The summed E-state index contributed by atoms with van der Waals surface area (Å²) in [6.07, 6.45) is 0.715. The molecule has 0 unspecified atom stereocenters.